The first-order valence-corrected chi connectivity index (χ1v) is 10.0. The molecule has 1 saturated carbocycles. The monoisotopic (exact) mass is 428 g/mol. The topological polar surface area (TPSA) is 41.6 Å². The number of benzene rings is 1. The molecule has 1 saturated heterocycles. The Morgan fingerprint density at radius 2 is 1.96 bits per heavy atom. The van der Waals surface area contributed by atoms with Crippen LogP contribution in [0.25, 0.3) is 0 Å². The summed E-state index contributed by atoms with van der Waals surface area (Å²) in [7, 11) is 0. The largest absolute Gasteiger partial charge is 0.444 e. The van der Waals surface area contributed by atoms with Crippen molar-refractivity contribution in [3.63, 3.8) is 0 Å². The number of hydrogen-bond donors (Lipinski definition) is 1. The molecule has 138 valence electrons. The van der Waals surface area contributed by atoms with Crippen LogP contribution in [-0.2, 0) is 4.74 Å². The van der Waals surface area contributed by atoms with Crippen molar-refractivity contribution in [1.29, 1.82) is 0 Å². The summed E-state index contributed by atoms with van der Waals surface area (Å²) in [5.74, 6) is 0. The van der Waals surface area contributed by atoms with Crippen molar-refractivity contribution in [2.45, 2.75) is 58.1 Å². The van der Waals surface area contributed by atoms with Gasteiger partial charge < -0.3 is 15.0 Å². The van der Waals surface area contributed by atoms with Crippen LogP contribution in [-0.4, -0.2) is 35.7 Å². The van der Waals surface area contributed by atoms with Crippen molar-refractivity contribution in [3.05, 3.63) is 27.7 Å². The van der Waals surface area contributed by atoms with E-state index in [1.807, 2.05) is 43.9 Å². The predicted octanol–water partition coefficient (Wildman–Crippen LogP) is 5.69. The van der Waals surface area contributed by atoms with Crippen LogP contribution < -0.4 is 5.32 Å². The van der Waals surface area contributed by atoms with Gasteiger partial charge in [0.2, 0.25) is 0 Å². The maximum Gasteiger partial charge on any atom is 0.410 e. The summed E-state index contributed by atoms with van der Waals surface area (Å²) in [6.45, 7) is 7.31. The van der Waals surface area contributed by atoms with Crippen LogP contribution in [0.4, 0.5) is 10.5 Å². The van der Waals surface area contributed by atoms with E-state index in [-0.39, 0.29) is 6.09 Å². The molecule has 6 heteroatoms. The molecule has 1 N–H and O–H groups in total. The third kappa shape index (κ3) is 4.62. The zero-order chi connectivity index (χ0) is 18.2. The van der Waals surface area contributed by atoms with Gasteiger partial charge in [0.05, 0.1) is 10.7 Å². The van der Waals surface area contributed by atoms with Gasteiger partial charge in [-0.1, -0.05) is 27.5 Å². The molecule has 2 aliphatic rings. The molecule has 1 spiro atoms. The van der Waals surface area contributed by atoms with Gasteiger partial charge in [0, 0.05) is 23.6 Å². The van der Waals surface area contributed by atoms with Crippen LogP contribution in [0, 0.1) is 5.41 Å². The molecule has 0 radical (unpaired) electrons. The van der Waals surface area contributed by atoms with Gasteiger partial charge in [-0.2, -0.15) is 0 Å². The number of carbonyl (C=O) groups is 1. The normalized spacial score (nSPS) is 20.3. The summed E-state index contributed by atoms with van der Waals surface area (Å²) in [6, 6.07) is 6.34. The van der Waals surface area contributed by atoms with Crippen molar-refractivity contribution >= 4 is 39.3 Å². The molecular weight excluding hydrogens is 404 g/mol. The predicted molar refractivity (Wildman–Crippen MR) is 105 cm³/mol. The Hall–Kier alpha value is -0.940. The van der Waals surface area contributed by atoms with Gasteiger partial charge in [-0.25, -0.2) is 4.79 Å². The number of carbonyl (C=O) groups excluding carboxylic acids is 1. The number of ether oxygens (including phenoxy) is 1. The van der Waals surface area contributed by atoms with Crippen molar-refractivity contribution in [3.8, 4) is 0 Å². The molecule has 25 heavy (non-hydrogen) atoms. The maximum absolute atomic E-state index is 12.2. The second-order valence-electron chi connectivity index (χ2n) is 8.34. The molecule has 1 amide bonds. The smallest absolute Gasteiger partial charge is 0.410 e. The molecule has 2 fully saturated rings. The summed E-state index contributed by atoms with van der Waals surface area (Å²) in [6.07, 6.45) is 4.20. The van der Waals surface area contributed by atoms with Crippen LogP contribution in [0.2, 0.25) is 5.02 Å². The van der Waals surface area contributed by atoms with E-state index in [9.17, 15) is 4.79 Å². The first-order chi connectivity index (χ1) is 11.7. The zero-order valence-corrected chi connectivity index (χ0v) is 17.4. The fraction of sp³-hybridized carbons (Fsp3) is 0.632. The van der Waals surface area contributed by atoms with Crippen molar-refractivity contribution in [2.75, 3.05) is 18.4 Å². The van der Waals surface area contributed by atoms with Crippen molar-refractivity contribution in [1.82, 2.24) is 4.90 Å². The minimum absolute atomic E-state index is 0.183. The Morgan fingerprint density at radius 1 is 1.32 bits per heavy atom. The van der Waals surface area contributed by atoms with E-state index in [0.717, 1.165) is 54.0 Å². The Labute approximate surface area is 163 Å². The molecule has 0 bridgehead atoms. The summed E-state index contributed by atoms with van der Waals surface area (Å²) in [4.78, 5) is 14.0. The van der Waals surface area contributed by atoms with Gasteiger partial charge in [0.25, 0.3) is 0 Å². The van der Waals surface area contributed by atoms with Gasteiger partial charge in [-0.3, -0.25) is 0 Å². The molecule has 1 aliphatic carbocycles. The van der Waals surface area contributed by atoms with E-state index in [2.05, 4.69) is 21.2 Å². The SMILES string of the molecule is CC(C)(C)OC(=O)N1CCC2(CC1)CC(Nc1cc(Br)ccc1Cl)C2. The number of nitrogens with zero attached hydrogens (tertiary/aromatic N) is 1. The molecule has 4 nitrogen and oxygen atoms in total. The second kappa shape index (κ2) is 6.99. The van der Waals surface area contributed by atoms with Crippen LogP contribution in [0.5, 0.6) is 0 Å². The zero-order valence-electron chi connectivity index (χ0n) is 15.1. The first-order valence-electron chi connectivity index (χ1n) is 8.85. The number of anilines is 1. The number of rotatable bonds is 2. The van der Waals surface area contributed by atoms with Crippen LogP contribution in [0.15, 0.2) is 22.7 Å². The highest BCUT2D eigenvalue weighted by molar-refractivity contribution is 9.10. The highest BCUT2D eigenvalue weighted by atomic mass is 79.9. The van der Waals surface area contributed by atoms with E-state index in [4.69, 9.17) is 16.3 Å². The summed E-state index contributed by atoms with van der Waals surface area (Å²) in [5, 5.41) is 4.31. The molecule has 3 rings (SSSR count). The lowest BCUT2D eigenvalue weighted by molar-refractivity contribution is -0.00859. The number of amides is 1. The number of hydrogen-bond acceptors (Lipinski definition) is 3. The lowest BCUT2D eigenvalue weighted by Gasteiger charge is -2.52. The fourth-order valence-corrected chi connectivity index (χ4v) is 4.35. The lowest BCUT2D eigenvalue weighted by atomic mass is 9.60. The number of piperidine rings is 1. The van der Waals surface area contributed by atoms with Gasteiger partial charge in [0.15, 0.2) is 0 Å². The minimum Gasteiger partial charge on any atom is -0.444 e. The Bertz CT molecular complexity index is 643. The summed E-state index contributed by atoms with van der Waals surface area (Å²) >= 11 is 9.75. The molecule has 1 heterocycles. The molecule has 1 aromatic carbocycles. The third-order valence-corrected chi connectivity index (χ3v) is 5.95. The second-order valence-corrected chi connectivity index (χ2v) is 9.66. The minimum atomic E-state index is -0.430. The summed E-state index contributed by atoms with van der Waals surface area (Å²) in [5.41, 5.74) is 0.928. The Kier molecular flexibility index (Phi) is 5.27. The van der Waals surface area contributed by atoms with Crippen LogP contribution in [0.1, 0.15) is 46.5 Å². The number of nitrogens with one attached hydrogen (secondary N) is 1. The summed E-state index contributed by atoms with van der Waals surface area (Å²) < 4.78 is 6.50. The van der Waals surface area contributed by atoms with Crippen molar-refractivity contribution in [2.24, 2.45) is 5.41 Å². The van der Waals surface area contributed by atoms with E-state index in [1.165, 1.54) is 0 Å². The molecule has 0 atom stereocenters. The molecule has 0 unspecified atom stereocenters. The van der Waals surface area contributed by atoms with E-state index >= 15 is 0 Å². The van der Waals surface area contributed by atoms with Gasteiger partial charge in [0.1, 0.15) is 5.60 Å². The maximum atomic E-state index is 12.2. The standard InChI is InChI=1S/C19H26BrClN2O2/c1-18(2,3)25-17(24)23-8-6-19(7-9-23)11-14(12-19)22-16-10-13(20)4-5-15(16)21/h4-5,10,14,22H,6-9,11-12H2,1-3H3. The van der Waals surface area contributed by atoms with Crippen LogP contribution >= 0.6 is 27.5 Å². The Balaban J connectivity index is 1.48. The quantitative estimate of drug-likeness (QED) is 0.656. The molecule has 0 aromatic heterocycles. The van der Waals surface area contributed by atoms with Crippen LogP contribution in [0.3, 0.4) is 0 Å². The van der Waals surface area contributed by atoms with Gasteiger partial charge in [-0.15, -0.1) is 0 Å². The van der Waals surface area contributed by atoms with E-state index in [1.54, 1.807) is 0 Å². The highest BCUT2D eigenvalue weighted by Crippen LogP contribution is 2.50. The van der Waals surface area contributed by atoms with Gasteiger partial charge in [-0.05, 0) is 70.1 Å². The molecule has 1 aliphatic heterocycles. The first kappa shape index (κ1) is 18.8. The number of likely N-dealkylation sites (tertiary alicyclic amines) is 1. The molecule has 1 aromatic rings. The van der Waals surface area contributed by atoms with Crippen molar-refractivity contribution < 1.29 is 9.53 Å². The average Bonchev–Trinajstić information content (AvgIpc) is 2.48. The van der Waals surface area contributed by atoms with E-state index < -0.39 is 5.60 Å². The highest BCUT2D eigenvalue weighted by Gasteiger charge is 2.46. The van der Waals surface area contributed by atoms with Gasteiger partial charge >= 0.3 is 6.09 Å². The third-order valence-electron chi connectivity index (χ3n) is 5.12. The lowest BCUT2D eigenvalue weighted by Crippen LogP contribution is -2.53. The average molecular weight is 430 g/mol. The fourth-order valence-electron chi connectivity index (χ4n) is 3.81. The van der Waals surface area contributed by atoms with E-state index in [0.29, 0.717) is 11.5 Å². The Morgan fingerprint density at radius 3 is 2.56 bits per heavy atom. The number of halogens is 2. The molecular formula is C19H26BrClN2O2.